The molecule has 0 aromatic heterocycles. The smallest absolute Gasteiger partial charge is 0.223 e. The van der Waals surface area contributed by atoms with Gasteiger partial charge in [-0.1, -0.05) is 0 Å². The van der Waals surface area contributed by atoms with Crippen LogP contribution in [0.4, 0.5) is 0 Å². The van der Waals surface area contributed by atoms with Gasteiger partial charge in [-0.15, -0.1) is 0 Å². The number of nitrogens with zero attached hydrogens (tertiary/aromatic N) is 1. The summed E-state index contributed by atoms with van der Waals surface area (Å²) in [6, 6.07) is 0.641. The highest BCUT2D eigenvalue weighted by atomic mass is 16.5. The van der Waals surface area contributed by atoms with Crippen LogP contribution in [-0.2, 0) is 9.53 Å². The van der Waals surface area contributed by atoms with Crippen molar-refractivity contribution in [1.29, 1.82) is 0 Å². The first kappa shape index (κ1) is 13.8. The number of hydrogen-bond acceptors (Lipinski definition) is 4. The van der Waals surface area contributed by atoms with Crippen LogP contribution in [0.3, 0.4) is 0 Å². The molecule has 0 unspecified atom stereocenters. The number of likely N-dealkylation sites (N-methyl/N-ethyl adjacent to an activating group) is 1. The summed E-state index contributed by atoms with van der Waals surface area (Å²) in [5.41, 5.74) is -0.757. The molecule has 18 heavy (non-hydrogen) atoms. The van der Waals surface area contributed by atoms with E-state index in [1.165, 1.54) is 12.8 Å². The highest BCUT2D eigenvalue weighted by molar-refractivity contribution is 5.76. The van der Waals surface area contributed by atoms with Crippen molar-refractivity contribution in [2.45, 2.75) is 43.7 Å². The van der Waals surface area contributed by atoms with E-state index < -0.39 is 5.60 Å². The molecule has 2 aliphatic rings. The van der Waals surface area contributed by atoms with E-state index >= 15 is 0 Å². The molecule has 5 heteroatoms. The lowest BCUT2D eigenvalue weighted by molar-refractivity contribution is -0.136. The fourth-order valence-electron chi connectivity index (χ4n) is 2.30. The van der Waals surface area contributed by atoms with E-state index in [9.17, 15) is 9.90 Å². The molecule has 0 aromatic carbocycles. The van der Waals surface area contributed by atoms with Crippen LogP contribution in [0.2, 0.25) is 0 Å². The Morgan fingerprint density at radius 3 is 2.72 bits per heavy atom. The molecule has 0 bridgehead atoms. The van der Waals surface area contributed by atoms with Gasteiger partial charge in [-0.25, -0.2) is 0 Å². The highest BCUT2D eigenvalue weighted by Crippen LogP contribution is 2.21. The molecule has 5 nitrogen and oxygen atoms in total. The first-order valence-electron chi connectivity index (χ1n) is 6.87. The lowest BCUT2D eigenvalue weighted by Crippen LogP contribution is -2.47. The monoisotopic (exact) mass is 256 g/mol. The number of rotatable bonds is 6. The minimum Gasteiger partial charge on any atom is -0.388 e. The fraction of sp³-hybridized carbons (Fsp3) is 0.923. The molecule has 1 aliphatic carbocycles. The molecule has 1 heterocycles. The molecule has 1 amide bonds. The third-order valence-corrected chi connectivity index (χ3v) is 3.73. The van der Waals surface area contributed by atoms with Gasteiger partial charge in [0, 0.05) is 58.7 Å². The zero-order chi connectivity index (χ0) is 13.0. The quantitative estimate of drug-likeness (QED) is 0.709. The van der Waals surface area contributed by atoms with Crippen LogP contribution in [0.1, 0.15) is 32.1 Å². The summed E-state index contributed by atoms with van der Waals surface area (Å²) < 4.78 is 5.23. The van der Waals surface area contributed by atoms with Gasteiger partial charge in [-0.05, 0) is 12.8 Å². The molecule has 0 atom stereocenters. The minimum atomic E-state index is -0.757. The minimum absolute atomic E-state index is 0.100. The average molecular weight is 256 g/mol. The number of hydrogen-bond donors (Lipinski definition) is 2. The number of carbonyl (C=O) groups excluding carboxylic acids is 1. The molecule has 1 aliphatic heterocycles. The van der Waals surface area contributed by atoms with Gasteiger partial charge in [0.25, 0.3) is 0 Å². The summed E-state index contributed by atoms with van der Waals surface area (Å²) in [6.07, 6.45) is 4.23. The second-order valence-corrected chi connectivity index (χ2v) is 5.56. The Balaban J connectivity index is 1.68. The molecule has 0 aromatic rings. The zero-order valence-corrected chi connectivity index (χ0v) is 11.2. The van der Waals surface area contributed by atoms with E-state index in [2.05, 4.69) is 5.32 Å². The van der Waals surface area contributed by atoms with Gasteiger partial charge in [0.15, 0.2) is 0 Å². The van der Waals surface area contributed by atoms with E-state index in [0.29, 0.717) is 45.1 Å². The zero-order valence-electron chi connectivity index (χ0n) is 11.2. The maximum Gasteiger partial charge on any atom is 0.223 e. The van der Waals surface area contributed by atoms with Gasteiger partial charge in [0.05, 0.1) is 5.60 Å². The molecular weight excluding hydrogens is 232 g/mol. The molecule has 2 rings (SSSR count). The van der Waals surface area contributed by atoms with E-state index in [4.69, 9.17) is 4.74 Å². The summed E-state index contributed by atoms with van der Waals surface area (Å²) in [4.78, 5) is 13.6. The predicted octanol–water partition coefficient (Wildman–Crippen LogP) is 0.128. The van der Waals surface area contributed by atoms with Crippen molar-refractivity contribution in [2.75, 3.05) is 33.4 Å². The largest absolute Gasteiger partial charge is 0.388 e. The predicted molar refractivity (Wildman–Crippen MR) is 68.3 cm³/mol. The Morgan fingerprint density at radius 1 is 1.44 bits per heavy atom. The molecule has 0 radical (unpaired) electrons. The van der Waals surface area contributed by atoms with Gasteiger partial charge < -0.3 is 20.1 Å². The molecule has 1 saturated carbocycles. The van der Waals surface area contributed by atoms with Crippen LogP contribution in [0.15, 0.2) is 0 Å². The first-order chi connectivity index (χ1) is 8.59. The van der Waals surface area contributed by atoms with Crippen molar-refractivity contribution < 1.29 is 14.6 Å². The third kappa shape index (κ3) is 4.23. The van der Waals surface area contributed by atoms with Crippen molar-refractivity contribution >= 4 is 5.91 Å². The molecule has 1 saturated heterocycles. The Labute approximate surface area is 108 Å². The highest BCUT2D eigenvalue weighted by Gasteiger charge is 2.32. The summed E-state index contributed by atoms with van der Waals surface area (Å²) in [5.74, 6) is 0.100. The number of carbonyl (C=O) groups is 1. The fourth-order valence-corrected chi connectivity index (χ4v) is 2.30. The molecule has 2 fully saturated rings. The number of aliphatic hydroxyl groups is 1. The number of ether oxygens (including phenoxy) is 1. The summed E-state index contributed by atoms with van der Waals surface area (Å²) in [6.45, 7) is 2.33. The SMILES string of the molecule is CN(CC1(O)CCOCC1)C(=O)CCNC1CC1. The van der Waals surface area contributed by atoms with Crippen molar-refractivity contribution in [2.24, 2.45) is 0 Å². The van der Waals surface area contributed by atoms with Gasteiger partial charge in [0.2, 0.25) is 5.91 Å². The Kier molecular flexibility index (Phi) is 4.59. The van der Waals surface area contributed by atoms with Gasteiger partial charge in [-0.2, -0.15) is 0 Å². The summed E-state index contributed by atoms with van der Waals surface area (Å²) >= 11 is 0. The summed E-state index contributed by atoms with van der Waals surface area (Å²) in [5, 5.41) is 13.7. The van der Waals surface area contributed by atoms with E-state index in [0.717, 1.165) is 6.54 Å². The second-order valence-electron chi connectivity index (χ2n) is 5.56. The van der Waals surface area contributed by atoms with Crippen molar-refractivity contribution in [3.05, 3.63) is 0 Å². The molecule has 104 valence electrons. The maximum atomic E-state index is 11.9. The first-order valence-corrected chi connectivity index (χ1v) is 6.87. The topological polar surface area (TPSA) is 61.8 Å². The number of nitrogens with one attached hydrogen (secondary N) is 1. The van der Waals surface area contributed by atoms with Gasteiger partial charge in [0.1, 0.15) is 0 Å². The van der Waals surface area contributed by atoms with E-state index in [-0.39, 0.29) is 5.91 Å². The van der Waals surface area contributed by atoms with Crippen molar-refractivity contribution in [3.8, 4) is 0 Å². The lowest BCUT2D eigenvalue weighted by Gasteiger charge is -2.35. The molecular formula is C13H24N2O3. The Morgan fingerprint density at radius 2 is 2.11 bits per heavy atom. The Bertz CT molecular complexity index is 286. The molecule has 0 spiro atoms. The average Bonchev–Trinajstić information content (AvgIpc) is 3.13. The standard InChI is InChI=1S/C13H24N2O3/c1-15(10-13(17)5-8-18-9-6-13)12(16)4-7-14-11-2-3-11/h11,14,17H,2-10H2,1H3. The van der Waals surface area contributed by atoms with Gasteiger partial charge >= 0.3 is 0 Å². The molecule has 2 N–H and O–H groups in total. The second kappa shape index (κ2) is 5.99. The lowest BCUT2D eigenvalue weighted by atomic mass is 9.94. The van der Waals surface area contributed by atoms with E-state index in [1.54, 1.807) is 11.9 Å². The van der Waals surface area contributed by atoms with Gasteiger partial charge in [-0.3, -0.25) is 4.79 Å². The van der Waals surface area contributed by atoms with Crippen LogP contribution in [0.5, 0.6) is 0 Å². The van der Waals surface area contributed by atoms with Crippen molar-refractivity contribution in [3.63, 3.8) is 0 Å². The normalized spacial score (nSPS) is 22.8. The van der Waals surface area contributed by atoms with Crippen LogP contribution in [0.25, 0.3) is 0 Å². The summed E-state index contributed by atoms with van der Waals surface area (Å²) in [7, 11) is 1.77. The van der Waals surface area contributed by atoms with Crippen LogP contribution in [0, 0.1) is 0 Å². The van der Waals surface area contributed by atoms with Crippen LogP contribution >= 0.6 is 0 Å². The maximum absolute atomic E-state index is 11.9. The Hall–Kier alpha value is -0.650. The van der Waals surface area contributed by atoms with Crippen LogP contribution < -0.4 is 5.32 Å². The van der Waals surface area contributed by atoms with Crippen LogP contribution in [-0.4, -0.2) is 60.9 Å². The number of amides is 1. The van der Waals surface area contributed by atoms with Crippen molar-refractivity contribution in [1.82, 2.24) is 10.2 Å². The van der Waals surface area contributed by atoms with E-state index in [1.807, 2.05) is 0 Å². The third-order valence-electron chi connectivity index (χ3n) is 3.73.